The number of hydrogen-bond donors (Lipinski definition) is 2. The second kappa shape index (κ2) is 14.0. The highest BCUT2D eigenvalue weighted by Crippen LogP contribution is 2.25. The standard InChI is InChI=1S/C34H35BrN4O5/c1-36-31(41)29(19-22-11-3-2-4-12-22)39-21-24-14-6-5-13-23(24)20-28(34(39)44)37-30(40)27(35)17-9-10-18-38-32(42)25-15-7-8-16-26(25)33(38)43/h2-8,11-16,27-29H,9-10,17-21H2,1H3,(H,36,41)(H,37,40). The molecular formula is C34H35BrN4O5. The quantitative estimate of drug-likeness (QED) is 0.185. The van der Waals surface area contributed by atoms with Gasteiger partial charge in [0, 0.05) is 33.0 Å². The third kappa shape index (κ3) is 6.75. The number of rotatable bonds is 11. The van der Waals surface area contributed by atoms with Crippen LogP contribution >= 0.6 is 15.9 Å². The number of likely N-dealkylation sites (N-methyl/N-ethyl adjacent to an activating group) is 1. The molecule has 3 aromatic rings. The number of benzene rings is 3. The minimum Gasteiger partial charge on any atom is -0.357 e. The molecule has 9 nitrogen and oxygen atoms in total. The van der Waals surface area contributed by atoms with E-state index in [0.717, 1.165) is 16.7 Å². The van der Waals surface area contributed by atoms with Crippen LogP contribution in [0.15, 0.2) is 78.9 Å². The smallest absolute Gasteiger partial charge is 0.261 e. The molecule has 3 atom stereocenters. The van der Waals surface area contributed by atoms with E-state index < -0.39 is 16.9 Å². The summed E-state index contributed by atoms with van der Waals surface area (Å²) in [5.74, 6) is -1.51. The fraction of sp³-hybridized carbons (Fsp3) is 0.324. The van der Waals surface area contributed by atoms with Crippen LogP contribution in [0.4, 0.5) is 0 Å². The van der Waals surface area contributed by atoms with E-state index in [0.29, 0.717) is 43.2 Å². The molecule has 0 fully saturated rings. The normalized spacial score (nSPS) is 17.4. The Kier molecular flexibility index (Phi) is 9.89. The Morgan fingerprint density at radius 3 is 2.11 bits per heavy atom. The summed E-state index contributed by atoms with van der Waals surface area (Å²) in [5.41, 5.74) is 3.63. The van der Waals surface area contributed by atoms with Gasteiger partial charge in [-0.25, -0.2) is 0 Å². The molecule has 0 aliphatic carbocycles. The third-order valence-corrected chi connectivity index (χ3v) is 9.10. The first kappa shape index (κ1) is 31.1. The van der Waals surface area contributed by atoms with Crippen molar-refractivity contribution in [2.75, 3.05) is 13.6 Å². The van der Waals surface area contributed by atoms with Crippen molar-refractivity contribution in [3.05, 3.63) is 107 Å². The van der Waals surface area contributed by atoms with Crippen molar-refractivity contribution in [2.45, 2.75) is 55.6 Å². The van der Waals surface area contributed by atoms with Crippen molar-refractivity contribution in [2.24, 2.45) is 0 Å². The number of nitrogens with one attached hydrogen (secondary N) is 2. The first-order valence-electron chi connectivity index (χ1n) is 14.8. The van der Waals surface area contributed by atoms with Gasteiger partial charge < -0.3 is 15.5 Å². The monoisotopic (exact) mass is 658 g/mol. The van der Waals surface area contributed by atoms with E-state index >= 15 is 0 Å². The topological polar surface area (TPSA) is 116 Å². The Morgan fingerprint density at radius 1 is 0.841 bits per heavy atom. The zero-order chi connectivity index (χ0) is 31.2. The lowest BCUT2D eigenvalue weighted by molar-refractivity contribution is -0.143. The van der Waals surface area contributed by atoms with Crippen LogP contribution in [0.25, 0.3) is 0 Å². The molecule has 10 heteroatoms. The first-order chi connectivity index (χ1) is 21.3. The molecule has 2 aliphatic rings. The zero-order valence-corrected chi connectivity index (χ0v) is 26.1. The molecule has 5 amide bonds. The van der Waals surface area contributed by atoms with Crippen molar-refractivity contribution in [3.8, 4) is 0 Å². The molecule has 2 heterocycles. The molecule has 0 aromatic heterocycles. The van der Waals surface area contributed by atoms with Gasteiger partial charge in [-0.05, 0) is 41.7 Å². The first-order valence-corrected chi connectivity index (χ1v) is 15.7. The molecule has 2 N–H and O–H groups in total. The van der Waals surface area contributed by atoms with Gasteiger partial charge in [0.2, 0.25) is 17.7 Å². The van der Waals surface area contributed by atoms with Crippen LogP contribution in [-0.4, -0.2) is 69.8 Å². The van der Waals surface area contributed by atoms with Gasteiger partial charge in [0.25, 0.3) is 11.8 Å². The average Bonchev–Trinajstić information content (AvgIpc) is 3.19. The molecule has 5 rings (SSSR count). The van der Waals surface area contributed by atoms with Gasteiger partial charge in [-0.1, -0.05) is 89.1 Å². The molecule has 0 bridgehead atoms. The minimum atomic E-state index is -0.854. The van der Waals surface area contributed by atoms with Gasteiger partial charge in [0.15, 0.2) is 0 Å². The molecule has 0 saturated carbocycles. The second-order valence-corrected chi connectivity index (χ2v) is 12.2. The van der Waals surface area contributed by atoms with Crippen LogP contribution in [-0.2, 0) is 33.8 Å². The molecule has 0 radical (unpaired) electrons. The number of unbranched alkanes of at least 4 members (excludes halogenated alkanes) is 1. The summed E-state index contributed by atoms with van der Waals surface area (Å²) in [7, 11) is 1.56. The second-order valence-electron chi connectivity index (χ2n) is 11.1. The van der Waals surface area contributed by atoms with Crippen LogP contribution in [0, 0.1) is 0 Å². The molecule has 0 saturated heterocycles. The lowest BCUT2D eigenvalue weighted by Gasteiger charge is -2.32. The maximum atomic E-state index is 14.0. The van der Waals surface area contributed by atoms with Gasteiger partial charge >= 0.3 is 0 Å². The maximum absolute atomic E-state index is 14.0. The number of amides is 5. The fourth-order valence-electron chi connectivity index (χ4n) is 5.83. The van der Waals surface area contributed by atoms with E-state index in [9.17, 15) is 24.0 Å². The fourth-order valence-corrected chi connectivity index (χ4v) is 6.29. The summed E-state index contributed by atoms with van der Waals surface area (Å²) in [5, 5.41) is 5.64. The molecule has 0 spiro atoms. The van der Waals surface area contributed by atoms with Crippen molar-refractivity contribution in [3.63, 3.8) is 0 Å². The van der Waals surface area contributed by atoms with Gasteiger partial charge in [-0.15, -0.1) is 0 Å². The number of halogens is 1. The highest BCUT2D eigenvalue weighted by atomic mass is 79.9. The predicted molar refractivity (Wildman–Crippen MR) is 169 cm³/mol. The SMILES string of the molecule is CNC(=O)C(Cc1ccccc1)N1Cc2ccccc2CC(NC(=O)C(Br)CCCCN2C(=O)c3ccccc3C2=O)C1=O. The number of carbonyl (C=O) groups excluding carboxylic acids is 5. The number of fused-ring (bicyclic) bond motifs is 2. The highest BCUT2D eigenvalue weighted by Gasteiger charge is 2.38. The molecular weight excluding hydrogens is 624 g/mol. The van der Waals surface area contributed by atoms with Crippen LogP contribution in [0.3, 0.4) is 0 Å². The third-order valence-electron chi connectivity index (χ3n) is 8.23. The largest absolute Gasteiger partial charge is 0.357 e. The van der Waals surface area contributed by atoms with Crippen molar-refractivity contribution >= 4 is 45.5 Å². The van der Waals surface area contributed by atoms with Crippen molar-refractivity contribution in [1.82, 2.24) is 20.4 Å². The van der Waals surface area contributed by atoms with Crippen molar-refractivity contribution in [1.29, 1.82) is 0 Å². The molecule has 3 aromatic carbocycles. The molecule has 3 unspecified atom stereocenters. The summed E-state index contributed by atoms with van der Waals surface area (Å²) in [6.45, 7) is 0.519. The van der Waals surface area contributed by atoms with E-state index in [-0.39, 0.29) is 42.6 Å². The maximum Gasteiger partial charge on any atom is 0.261 e. The van der Waals surface area contributed by atoms with E-state index in [1.165, 1.54) is 4.90 Å². The predicted octanol–water partition coefficient (Wildman–Crippen LogP) is 3.64. The Bertz CT molecular complexity index is 1530. The lowest BCUT2D eigenvalue weighted by Crippen LogP contribution is -2.56. The highest BCUT2D eigenvalue weighted by molar-refractivity contribution is 9.10. The summed E-state index contributed by atoms with van der Waals surface area (Å²) < 4.78 is 0. The van der Waals surface area contributed by atoms with Crippen LogP contribution < -0.4 is 10.6 Å². The molecule has 228 valence electrons. The van der Waals surface area contributed by atoms with Crippen LogP contribution in [0.5, 0.6) is 0 Å². The Hall–Kier alpha value is -4.31. The lowest BCUT2D eigenvalue weighted by atomic mass is 10.0. The van der Waals surface area contributed by atoms with E-state index in [1.807, 2.05) is 54.6 Å². The molecule has 2 aliphatic heterocycles. The summed E-state index contributed by atoms with van der Waals surface area (Å²) in [4.78, 5) is 68.0. The number of imide groups is 1. The zero-order valence-electron chi connectivity index (χ0n) is 24.5. The Morgan fingerprint density at radius 2 is 1.45 bits per heavy atom. The number of hydrogen-bond acceptors (Lipinski definition) is 5. The van der Waals surface area contributed by atoms with Gasteiger partial charge in [-0.2, -0.15) is 0 Å². The Labute approximate surface area is 265 Å². The van der Waals surface area contributed by atoms with Gasteiger partial charge in [-0.3, -0.25) is 28.9 Å². The van der Waals surface area contributed by atoms with Crippen LogP contribution in [0.1, 0.15) is 56.7 Å². The van der Waals surface area contributed by atoms with E-state index in [4.69, 9.17) is 0 Å². The van der Waals surface area contributed by atoms with E-state index in [1.54, 1.807) is 36.2 Å². The molecule has 44 heavy (non-hydrogen) atoms. The number of nitrogens with zero attached hydrogens (tertiary/aromatic N) is 2. The summed E-state index contributed by atoms with van der Waals surface area (Å²) in [6, 6.07) is 22.4. The van der Waals surface area contributed by atoms with Crippen molar-refractivity contribution < 1.29 is 24.0 Å². The van der Waals surface area contributed by atoms with Gasteiger partial charge in [0.05, 0.1) is 16.0 Å². The van der Waals surface area contributed by atoms with Crippen LogP contribution in [0.2, 0.25) is 0 Å². The number of carbonyl (C=O) groups is 5. The summed E-state index contributed by atoms with van der Waals surface area (Å²) in [6.07, 6.45) is 2.22. The number of alkyl halides is 1. The average molecular weight is 660 g/mol. The van der Waals surface area contributed by atoms with E-state index in [2.05, 4.69) is 26.6 Å². The summed E-state index contributed by atoms with van der Waals surface area (Å²) >= 11 is 3.48. The van der Waals surface area contributed by atoms with Gasteiger partial charge in [0.1, 0.15) is 12.1 Å². The minimum absolute atomic E-state index is 0.252. The Balaban J connectivity index is 1.23.